The minimum atomic E-state index is -0.384. The van der Waals surface area contributed by atoms with E-state index in [-0.39, 0.29) is 19.2 Å². The number of benzene rings is 1. The minimum absolute atomic E-state index is 0.174. The zero-order valence-electron chi connectivity index (χ0n) is 13.0. The number of hydrogen-bond acceptors (Lipinski definition) is 5. The molecule has 0 unspecified atom stereocenters. The van der Waals surface area contributed by atoms with Crippen molar-refractivity contribution in [3.63, 3.8) is 0 Å². The number of fused-ring (bicyclic) bond motifs is 1. The Labute approximate surface area is 133 Å². The molecule has 0 aliphatic rings. The summed E-state index contributed by atoms with van der Waals surface area (Å²) in [5.74, 6) is 1.16. The summed E-state index contributed by atoms with van der Waals surface area (Å²) in [5.41, 5.74) is 2.25. The van der Waals surface area contributed by atoms with Crippen molar-refractivity contribution in [2.45, 2.75) is 6.92 Å². The molecule has 0 fully saturated rings. The van der Waals surface area contributed by atoms with Gasteiger partial charge in [0.1, 0.15) is 24.8 Å². The van der Waals surface area contributed by atoms with Gasteiger partial charge in [-0.1, -0.05) is 0 Å². The molecule has 0 amide bonds. The van der Waals surface area contributed by atoms with Crippen LogP contribution in [-0.4, -0.2) is 33.7 Å². The monoisotopic (exact) mass is 311 g/mol. The van der Waals surface area contributed by atoms with E-state index in [0.29, 0.717) is 11.3 Å². The van der Waals surface area contributed by atoms with Gasteiger partial charge in [0, 0.05) is 13.2 Å². The van der Waals surface area contributed by atoms with Gasteiger partial charge in [-0.25, -0.2) is 9.78 Å². The predicted octanol–water partition coefficient (Wildman–Crippen LogP) is 2.51. The number of rotatable bonds is 5. The molecule has 0 bridgehead atoms. The number of ether oxygens (including phenoxy) is 2. The number of aryl methyl sites for hydroxylation is 2. The number of hydrogen-bond donors (Lipinski definition) is 0. The number of imidazole rings is 1. The van der Waals surface area contributed by atoms with Gasteiger partial charge in [0.15, 0.2) is 0 Å². The second kappa shape index (κ2) is 6.48. The maximum atomic E-state index is 12.1. The van der Waals surface area contributed by atoms with Crippen LogP contribution >= 0.6 is 0 Å². The first-order chi connectivity index (χ1) is 11.1. The van der Waals surface area contributed by atoms with Crippen LogP contribution in [0.4, 0.5) is 0 Å². The fraction of sp³-hybridized carbons (Fsp3) is 0.235. The van der Waals surface area contributed by atoms with Crippen molar-refractivity contribution in [3.05, 3.63) is 54.1 Å². The largest absolute Gasteiger partial charge is 0.488 e. The summed E-state index contributed by atoms with van der Waals surface area (Å²) in [5, 5.41) is 0. The third-order valence-electron chi connectivity index (χ3n) is 3.56. The average molecular weight is 311 g/mol. The fourth-order valence-corrected chi connectivity index (χ4v) is 2.26. The van der Waals surface area contributed by atoms with Gasteiger partial charge in [-0.2, -0.15) is 0 Å². The zero-order chi connectivity index (χ0) is 16.2. The van der Waals surface area contributed by atoms with Crippen molar-refractivity contribution in [1.82, 2.24) is 14.5 Å². The molecular formula is C17H17N3O3. The number of esters is 1. The van der Waals surface area contributed by atoms with Gasteiger partial charge in [0.2, 0.25) is 0 Å². The lowest BCUT2D eigenvalue weighted by Crippen LogP contribution is -2.12. The summed E-state index contributed by atoms with van der Waals surface area (Å²) in [4.78, 5) is 20.4. The second-order valence-corrected chi connectivity index (χ2v) is 5.09. The molecule has 0 spiro atoms. The molecule has 6 nitrogen and oxygen atoms in total. The van der Waals surface area contributed by atoms with Crippen molar-refractivity contribution in [2.24, 2.45) is 7.05 Å². The van der Waals surface area contributed by atoms with E-state index >= 15 is 0 Å². The van der Waals surface area contributed by atoms with E-state index in [2.05, 4.69) is 9.97 Å². The molecule has 0 radical (unpaired) electrons. The van der Waals surface area contributed by atoms with Crippen molar-refractivity contribution in [2.75, 3.05) is 13.2 Å². The SMILES string of the molecule is Cc1nc2cc(C(=O)OCCOc3cccnc3)ccc2n1C. The van der Waals surface area contributed by atoms with Crippen molar-refractivity contribution in [1.29, 1.82) is 0 Å². The summed E-state index contributed by atoms with van der Waals surface area (Å²) in [6.07, 6.45) is 3.28. The molecule has 1 aromatic carbocycles. The van der Waals surface area contributed by atoms with Gasteiger partial charge in [0.25, 0.3) is 0 Å². The molecule has 0 aliphatic heterocycles. The molecule has 0 N–H and O–H groups in total. The van der Waals surface area contributed by atoms with Crippen LogP contribution in [0.1, 0.15) is 16.2 Å². The summed E-state index contributed by atoms with van der Waals surface area (Å²) in [6.45, 7) is 2.38. The molecule has 6 heteroatoms. The van der Waals surface area contributed by atoms with Gasteiger partial charge < -0.3 is 14.0 Å². The molecule has 0 aliphatic carbocycles. The number of pyridine rings is 1. The Bertz CT molecular complexity index is 828. The second-order valence-electron chi connectivity index (χ2n) is 5.09. The van der Waals surface area contributed by atoms with Gasteiger partial charge >= 0.3 is 5.97 Å². The molecule has 3 rings (SSSR count). The van der Waals surface area contributed by atoms with E-state index in [4.69, 9.17) is 9.47 Å². The highest BCUT2D eigenvalue weighted by Crippen LogP contribution is 2.17. The molecule has 2 aromatic heterocycles. The fourth-order valence-electron chi connectivity index (χ4n) is 2.26. The first-order valence-corrected chi connectivity index (χ1v) is 7.28. The molecular weight excluding hydrogens is 294 g/mol. The topological polar surface area (TPSA) is 66.2 Å². The maximum absolute atomic E-state index is 12.1. The van der Waals surface area contributed by atoms with E-state index in [1.54, 1.807) is 36.7 Å². The van der Waals surface area contributed by atoms with Crippen molar-refractivity contribution >= 4 is 17.0 Å². The van der Waals surface area contributed by atoms with Crippen LogP contribution in [0.25, 0.3) is 11.0 Å². The molecule has 2 heterocycles. The summed E-state index contributed by atoms with van der Waals surface area (Å²) >= 11 is 0. The maximum Gasteiger partial charge on any atom is 0.338 e. The summed E-state index contributed by atoms with van der Waals surface area (Å²) in [6, 6.07) is 8.94. The van der Waals surface area contributed by atoms with Gasteiger partial charge in [-0.05, 0) is 37.3 Å². The lowest BCUT2D eigenvalue weighted by molar-refractivity contribution is 0.0450. The van der Waals surface area contributed by atoms with E-state index in [0.717, 1.165) is 16.9 Å². The van der Waals surface area contributed by atoms with Crippen LogP contribution < -0.4 is 4.74 Å². The predicted molar refractivity (Wildman–Crippen MR) is 85.5 cm³/mol. The van der Waals surface area contributed by atoms with Crippen LogP contribution in [0.2, 0.25) is 0 Å². The first kappa shape index (κ1) is 15.0. The average Bonchev–Trinajstić information content (AvgIpc) is 2.86. The quantitative estimate of drug-likeness (QED) is 0.535. The highest BCUT2D eigenvalue weighted by Gasteiger charge is 2.11. The third kappa shape index (κ3) is 3.31. The lowest BCUT2D eigenvalue weighted by atomic mass is 10.2. The van der Waals surface area contributed by atoms with Gasteiger partial charge in [-0.15, -0.1) is 0 Å². The van der Waals surface area contributed by atoms with E-state index in [9.17, 15) is 4.79 Å². The van der Waals surface area contributed by atoms with Crippen LogP contribution in [0, 0.1) is 6.92 Å². The van der Waals surface area contributed by atoms with Gasteiger partial charge in [-0.3, -0.25) is 4.98 Å². The highest BCUT2D eigenvalue weighted by molar-refractivity contribution is 5.93. The Morgan fingerprint density at radius 2 is 2.13 bits per heavy atom. The van der Waals surface area contributed by atoms with Crippen LogP contribution in [-0.2, 0) is 11.8 Å². The number of carbonyl (C=O) groups is 1. The molecule has 0 saturated heterocycles. The van der Waals surface area contributed by atoms with Crippen molar-refractivity contribution in [3.8, 4) is 5.75 Å². The Morgan fingerprint density at radius 1 is 1.26 bits per heavy atom. The normalized spacial score (nSPS) is 10.7. The highest BCUT2D eigenvalue weighted by atomic mass is 16.6. The molecule has 3 aromatic rings. The Balaban J connectivity index is 1.58. The lowest BCUT2D eigenvalue weighted by Gasteiger charge is -2.07. The third-order valence-corrected chi connectivity index (χ3v) is 3.56. The minimum Gasteiger partial charge on any atom is -0.488 e. The van der Waals surface area contributed by atoms with E-state index < -0.39 is 0 Å². The molecule has 118 valence electrons. The van der Waals surface area contributed by atoms with Crippen molar-refractivity contribution < 1.29 is 14.3 Å². The summed E-state index contributed by atoms with van der Waals surface area (Å²) in [7, 11) is 1.94. The number of aromatic nitrogens is 3. The van der Waals surface area contributed by atoms with Crippen LogP contribution in [0.15, 0.2) is 42.7 Å². The zero-order valence-corrected chi connectivity index (χ0v) is 13.0. The summed E-state index contributed by atoms with van der Waals surface area (Å²) < 4.78 is 12.6. The molecule has 23 heavy (non-hydrogen) atoms. The first-order valence-electron chi connectivity index (χ1n) is 7.28. The van der Waals surface area contributed by atoms with Crippen LogP contribution in [0.3, 0.4) is 0 Å². The number of nitrogens with zero attached hydrogens (tertiary/aromatic N) is 3. The standard InChI is InChI=1S/C17H17N3O3/c1-12-19-15-10-13(5-6-16(15)20(12)2)17(21)23-9-8-22-14-4-3-7-18-11-14/h3-7,10-11H,8-9H2,1-2H3. The Kier molecular flexibility index (Phi) is 4.23. The smallest absolute Gasteiger partial charge is 0.338 e. The number of carbonyl (C=O) groups excluding carboxylic acids is 1. The van der Waals surface area contributed by atoms with E-state index in [1.807, 2.05) is 24.6 Å². The Morgan fingerprint density at radius 3 is 2.91 bits per heavy atom. The molecule has 0 atom stereocenters. The Hall–Kier alpha value is -2.89. The molecule has 0 saturated carbocycles. The van der Waals surface area contributed by atoms with Crippen LogP contribution in [0.5, 0.6) is 5.75 Å². The van der Waals surface area contributed by atoms with E-state index in [1.165, 1.54) is 0 Å². The van der Waals surface area contributed by atoms with Gasteiger partial charge in [0.05, 0.1) is 22.8 Å².